The highest BCUT2D eigenvalue weighted by Crippen LogP contribution is 2.36. The Labute approximate surface area is 206 Å². The maximum atomic E-state index is 13.5. The first-order valence-corrected chi connectivity index (χ1v) is 11.4. The fraction of sp³-hybridized carbons (Fsp3) is 0.423. The second kappa shape index (κ2) is 12.3. The third kappa shape index (κ3) is 6.37. The molecule has 0 fully saturated rings. The summed E-state index contributed by atoms with van der Waals surface area (Å²) in [5, 5.41) is 6.20. The van der Waals surface area contributed by atoms with Crippen molar-refractivity contribution in [3.05, 3.63) is 59.2 Å². The highest BCUT2D eigenvalue weighted by molar-refractivity contribution is 6.05. The van der Waals surface area contributed by atoms with Gasteiger partial charge in [0.2, 0.25) is 5.91 Å². The third-order valence-corrected chi connectivity index (χ3v) is 5.86. The summed E-state index contributed by atoms with van der Waals surface area (Å²) in [5.41, 5.74) is 3.59. The molecule has 0 unspecified atom stereocenters. The van der Waals surface area contributed by atoms with Crippen molar-refractivity contribution in [1.82, 2.24) is 9.91 Å². The summed E-state index contributed by atoms with van der Waals surface area (Å²) in [4.78, 5) is 27.5. The van der Waals surface area contributed by atoms with Crippen molar-refractivity contribution in [3.8, 4) is 11.5 Å². The molecular formula is C26H33N3O6. The maximum absolute atomic E-state index is 13.5. The van der Waals surface area contributed by atoms with E-state index < -0.39 is 0 Å². The SMILES string of the molecule is COCCN(CC(=O)N1N=C(c2ccc(OC)cc2OC)C[C@H]1c1ccc(C)cc1)C(=O)COC. The van der Waals surface area contributed by atoms with Gasteiger partial charge in [-0.3, -0.25) is 9.59 Å². The van der Waals surface area contributed by atoms with Crippen LogP contribution in [0.1, 0.15) is 29.2 Å². The number of methoxy groups -OCH3 is 4. The molecule has 0 saturated heterocycles. The highest BCUT2D eigenvalue weighted by Gasteiger charge is 2.35. The van der Waals surface area contributed by atoms with Crippen LogP contribution in [0.4, 0.5) is 0 Å². The Kier molecular flexibility index (Phi) is 9.22. The Morgan fingerprint density at radius 2 is 1.77 bits per heavy atom. The average Bonchev–Trinajstić information content (AvgIpc) is 3.32. The van der Waals surface area contributed by atoms with Crippen molar-refractivity contribution in [3.63, 3.8) is 0 Å². The summed E-state index contributed by atoms with van der Waals surface area (Å²) in [7, 11) is 6.17. The van der Waals surface area contributed by atoms with Gasteiger partial charge in [-0.1, -0.05) is 29.8 Å². The van der Waals surface area contributed by atoms with Gasteiger partial charge < -0.3 is 23.8 Å². The van der Waals surface area contributed by atoms with Crippen molar-refractivity contribution in [2.75, 3.05) is 54.7 Å². The van der Waals surface area contributed by atoms with Crippen LogP contribution in [-0.4, -0.2) is 82.2 Å². The fourth-order valence-corrected chi connectivity index (χ4v) is 3.93. The van der Waals surface area contributed by atoms with E-state index in [2.05, 4.69) is 0 Å². The Morgan fingerprint density at radius 1 is 1.03 bits per heavy atom. The van der Waals surface area contributed by atoms with Gasteiger partial charge in [-0.15, -0.1) is 0 Å². The van der Waals surface area contributed by atoms with Crippen LogP contribution in [0.25, 0.3) is 0 Å². The first kappa shape index (κ1) is 26.2. The predicted octanol–water partition coefficient (Wildman–Crippen LogP) is 2.81. The van der Waals surface area contributed by atoms with Gasteiger partial charge in [0.05, 0.1) is 32.6 Å². The molecule has 1 aliphatic rings. The van der Waals surface area contributed by atoms with Crippen molar-refractivity contribution in [1.29, 1.82) is 0 Å². The number of aryl methyl sites for hydroxylation is 1. The normalized spacial score (nSPS) is 15.1. The smallest absolute Gasteiger partial charge is 0.262 e. The van der Waals surface area contributed by atoms with E-state index in [1.54, 1.807) is 27.4 Å². The topological polar surface area (TPSA) is 89.9 Å². The summed E-state index contributed by atoms with van der Waals surface area (Å²) in [6.07, 6.45) is 0.502. The second-order valence-electron chi connectivity index (χ2n) is 8.22. The summed E-state index contributed by atoms with van der Waals surface area (Å²) in [6, 6.07) is 13.2. The highest BCUT2D eigenvalue weighted by atomic mass is 16.5. The number of rotatable bonds is 11. The molecule has 0 spiro atoms. The van der Waals surface area contributed by atoms with Crippen LogP contribution >= 0.6 is 0 Å². The molecule has 1 aliphatic heterocycles. The Balaban J connectivity index is 1.95. The molecule has 0 N–H and O–H groups in total. The van der Waals surface area contributed by atoms with Crippen LogP contribution in [0, 0.1) is 6.92 Å². The lowest BCUT2D eigenvalue weighted by molar-refractivity contribution is -0.144. The van der Waals surface area contributed by atoms with E-state index >= 15 is 0 Å². The Hall–Kier alpha value is -3.43. The van der Waals surface area contributed by atoms with Gasteiger partial charge in [0, 0.05) is 38.8 Å². The van der Waals surface area contributed by atoms with Crippen LogP contribution in [0.5, 0.6) is 11.5 Å². The molecule has 2 aromatic rings. The van der Waals surface area contributed by atoms with Crippen molar-refractivity contribution in [2.45, 2.75) is 19.4 Å². The van der Waals surface area contributed by atoms with Crippen LogP contribution in [0.2, 0.25) is 0 Å². The number of hydrazone groups is 1. The number of carbonyl (C=O) groups is 2. The summed E-state index contributed by atoms with van der Waals surface area (Å²) >= 11 is 0. The number of hydrogen-bond acceptors (Lipinski definition) is 7. The van der Waals surface area contributed by atoms with E-state index in [1.165, 1.54) is 17.0 Å². The molecule has 0 bridgehead atoms. The van der Waals surface area contributed by atoms with Gasteiger partial charge in [0.1, 0.15) is 24.7 Å². The van der Waals surface area contributed by atoms with Gasteiger partial charge in [-0.25, -0.2) is 5.01 Å². The zero-order valence-corrected chi connectivity index (χ0v) is 20.9. The lowest BCUT2D eigenvalue weighted by Crippen LogP contribution is -2.44. The van der Waals surface area contributed by atoms with Gasteiger partial charge in [0.25, 0.3) is 5.91 Å². The van der Waals surface area contributed by atoms with Crippen molar-refractivity contribution < 1.29 is 28.5 Å². The minimum atomic E-state index is -0.313. The second-order valence-corrected chi connectivity index (χ2v) is 8.22. The molecule has 9 heteroatoms. The lowest BCUT2D eigenvalue weighted by atomic mass is 9.97. The minimum absolute atomic E-state index is 0.115. The first-order valence-electron chi connectivity index (χ1n) is 11.4. The number of carbonyl (C=O) groups excluding carboxylic acids is 2. The lowest BCUT2D eigenvalue weighted by Gasteiger charge is -2.27. The van der Waals surface area contributed by atoms with Crippen molar-refractivity contribution in [2.24, 2.45) is 5.10 Å². The molecule has 0 aliphatic carbocycles. The predicted molar refractivity (Wildman–Crippen MR) is 132 cm³/mol. The molecule has 2 aromatic carbocycles. The van der Waals surface area contributed by atoms with Crippen molar-refractivity contribution >= 4 is 17.5 Å². The zero-order chi connectivity index (χ0) is 25.4. The van der Waals surface area contributed by atoms with Crippen LogP contribution in [-0.2, 0) is 19.1 Å². The molecule has 1 heterocycles. The molecule has 0 radical (unpaired) electrons. The number of hydrogen-bond donors (Lipinski definition) is 0. The third-order valence-electron chi connectivity index (χ3n) is 5.86. The zero-order valence-electron chi connectivity index (χ0n) is 20.9. The van der Waals surface area contributed by atoms with E-state index in [1.807, 2.05) is 43.3 Å². The van der Waals surface area contributed by atoms with Crippen LogP contribution in [0.3, 0.4) is 0 Å². The van der Waals surface area contributed by atoms with Crippen LogP contribution in [0.15, 0.2) is 47.6 Å². The summed E-state index contributed by atoms with van der Waals surface area (Å²) < 4.78 is 21.0. The van der Waals surface area contributed by atoms with Gasteiger partial charge in [0.15, 0.2) is 0 Å². The first-order chi connectivity index (χ1) is 16.9. The Morgan fingerprint density at radius 3 is 2.40 bits per heavy atom. The molecule has 2 amide bonds. The van der Waals surface area contributed by atoms with Crippen LogP contribution < -0.4 is 9.47 Å². The van der Waals surface area contributed by atoms with E-state index in [0.717, 1.165) is 22.4 Å². The average molecular weight is 484 g/mol. The quantitative estimate of drug-likeness (QED) is 0.488. The molecular weight excluding hydrogens is 450 g/mol. The number of benzene rings is 2. The van der Waals surface area contributed by atoms with E-state index in [0.29, 0.717) is 24.5 Å². The molecule has 0 saturated carbocycles. The molecule has 188 valence electrons. The number of amides is 2. The standard InChI is InChI=1S/C26H33N3O6/c1-18-6-8-19(9-7-18)23-15-22(21-11-10-20(34-4)14-24(21)35-5)27-29(23)25(30)16-28(12-13-32-2)26(31)17-33-3/h6-11,14,23H,12-13,15-17H2,1-5H3/t23-/m0/s1. The maximum Gasteiger partial charge on any atom is 0.262 e. The molecule has 0 aromatic heterocycles. The largest absolute Gasteiger partial charge is 0.497 e. The van der Waals surface area contributed by atoms with Gasteiger partial charge >= 0.3 is 0 Å². The van der Waals surface area contributed by atoms with Gasteiger partial charge in [-0.05, 0) is 24.6 Å². The summed E-state index contributed by atoms with van der Waals surface area (Å²) in [6.45, 7) is 2.35. The van der Waals surface area contributed by atoms with E-state index in [4.69, 9.17) is 24.0 Å². The van der Waals surface area contributed by atoms with E-state index in [-0.39, 0.29) is 37.6 Å². The van der Waals surface area contributed by atoms with E-state index in [9.17, 15) is 9.59 Å². The summed E-state index contributed by atoms with van der Waals surface area (Å²) in [5.74, 6) is 0.693. The number of ether oxygens (including phenoxy) is 4. The molecule has 9 nitrogen and oxygen atoms in total. The minimum Gasteiger partial charge on any atom is -0.497 e. The molecule has 3 rings (SSSR count). The molecule has 35 heavy (non-hydrogen) atoms. The number of nitrogens with zero attached hydrogens (tertiary/aromatic N) is 3. The monoisotopic (exact) mass is 483 g/mol. The molecule has 1 atom stereocenters. The Bertz CT molecular complexity index is 1050. The fourth-order valence-electron chi connectivity index (χ4n) is 3.93. The van der Waals surface area contributed by atoms with Gasteiger partial charge in [-0.2, -0.15) is 5.10 Å².